The summed E-state index contributed by atoms with van der Waals surface area (Å²) >= 11 is 0. The van der Waals surface area contributed by atoms with E-state index in [1.165, 1.54) is 0 Å². The standard InChI is InChI=1S/C12H22N2O3/c1-14(8-11(15)9-4-5-9)12(16)13-7-10-3-2-6-17-10/h9-11,15H,2-8H2,1H3,(H,13,16). The molecule has 2 fully saturated rings. The zero-order valence-electron chi connectivity index (χ0n) is 10.4. The van der Waals surface area contributed by atoms with E-state index in [9.17, 15) is 9.90 Å². The van der Waals surface area contributed by atoms with Crippen LogP contribution in [0.15, 0.2) is 0 Å². The van der Waals surface area contributed by atoms with Gasteiger partial charge in [0.1, 0.15) is 0 Å². The summed E-state index contributed by atoms with van der Waals surface area (Å²) in [6.07, 6.45) is 4.08. The minimum atomic E-state index is -0.367. The second kappa shape index (κ2) is 5.69. The average Bonchev–Trinajstić information content (AvgIpc) is 3.04. The van der Waals surface area contributed by atoms with Crippen molar-refractivity contribution in [3.05, 3.63) is 0 Å². The third-order valence-corrected chi connectivity index (χ3v) is 3.48. The summed E-state index contributed by atoms with van der Waals surface area (Å²) in [5.74, 6) is 0.406. The molecule has 0 spiro atoms. The Labute approximate surface area is 102 Å². The second-order valence-electron chi connectivity index (χ2n) is 5.11. The quantitative estimate of drug-likeness (QED) is 0.741. The van der Waals surface area contributed by atoms with E-state index in [2.05, 4.69) is 5.32 Å². The van der Waals surface area contributed by atoms with Gasteiger partial charge in [-0.25, -0.2) is 4.79 Å². The van der Waals surface area contributed by atoms with E-state index < -0.39 is 0 Å². The summed E-state index contributed by atoms with van der Waals surface area (Å²) in [6, 6.07) is -0.125. The maximum absolute atomic E-state index is 11.7. The molecule has 0 bridgehead atoms. The third-order valence-electron chi connectivity index (χ3n) is 3.48. The molecule has 2 atom stereocenters. The van der Waals surface area contributed by atoms with Crippen LogP contribution in [0, 0.1) is 5.92 Å². The average molecular weight is 242 g/mol. The Kier molecular flexibility index (Phi) is 4.23. The summed E-state index contributed by atoms with van der Waals surface area (Å²) < 4.78 is 5.43. The van der Waals surface area contributed by atoms with Gasteiger partial charge in [-0.15, -0.1) is 0 Å². The SMILES string of the molecule is CN(CC(O)C1CC1)C(=O)NCC1CCCO1. The molecule has 1 heterocycles. The topological polar surface area (TPSA) is 61.8 Å². The van der Waals surface area contributed by atoms with Crippen LogP contribution in [0.2, 0.25) is 0 Å². The summed E-state index contributed by atoms with van der Waals surface area (Å²) in [4.78, 5) is 13.3. The molecule has 2 rings (SSSR count). The van der Waals surface area contributed by atoms with Crippen molar-refractivity contribution in [1.29, 1.82) is 0 Å². The lowest BCUT2D eigenvalue weighted by molar-refractivity contribution is 0.101. The van der Waals surface area contributed by atoms with Crippen LogP contribution in [0.1, 0.15) is 25.7 Å². The van der Waals surface area contributed by atoms with Gasteiger partial charge in [0.25, 0.3) is 0 Å². The Morgan fingerprint density at radius 3 is 2.88 bits per heavy atom. The van der Waals surface area contributed by atoms with E-state index >= 15 is 0 Å². The van der Waals surface area contributed by atoms with E-state index in [4.69, 9.17) is 4.74 Å². The van der Waals surface area contributed by atoms with Gasteiger partial charge in [-0.3, -0.25) is 0 Å². The normalized spacial score (nSPS) is 25.6. The van der Waals surface area contributed by atoms with E-state index in [0.717, 1.165) is 32.3 Å². The third kappa shape index (κ3) is 3.85. The van der Waals surface area contributed by atoms with Crippen LogP contribution in [-0.4, -0.2) is 55.0 Å². The number of carbonyl (C=O) groups excluding carboxylic acids is 1. The molecular formula is C12H22N2O3. The number of rotatable bonds is 5. The van der Waals surface area contributed by atoms with Crippen LogP contribution in [-0.2, 0) is 4.74 Å². The fraction of sp³-hybridized carbons (Fsp3) is 0.917. The Balaban J connectivity index is 1.63. The number of nitrogens with one attached hydrogen (secondary N) is 1. The largest absolute Gasteiger partial charge is 0.391 e. The van der Waals surface area contributed by atoms with Gasteiger partial charge in [0.15, 0.2) is 0 Å². The number of carbonyl (C=O) groups is 1. The molecule has 2 amide bonds. The van der Waals surface area contributed by atoms with Crippen molar-refractivity contribution in [3.63, 3.8) is 0 Å². The van der Waals surface area contributed by atoms with E-state index in [1.807, 2.05) is 0 Å². The van der Waals surface area contributed by atoms with E-state index in [1.54, 1.807) is 11.9 Å². The molecule has 2 aliphatic rings. The fourth-order valence-electron chi connectivity index (χ4n) is 2.13. The molecule has 5 nitrogen and oxygen atoms in total. The van der Waals surface area contributed by atoms with Crippen molar-refractivity contribution >= 4 is 6.03 Å². The Hall–Kier alpha value is -0.810. The summed E-state index contributed by atoms with van der Waals surface area (Å²) in [7, 11) is 1.72. The first kappa shape index (κ1) is 12.6. The zero-order valence-corrected chi connectivity index (χ0v) is 10.4. The molecule has 0 aromatic carbocycles. The fourth-order valence-corrected chi connectivity index (χ4v) is 2.13. The van der Waals surface area contributed by atoms with Gasteiger partial charge in [-0.1, -0.05) is 0 Å². The van der Waals surface area contributed by atoms with Crippen LogP contribution in [0.3, 0.4) is 0 Å². The van der Waals surface area contributed by atoms with Gasteiger partial charge in [0.2, 0.25) is 0 Å². The minimum Gasteiger partial charge on any atom is -0.391 e. The number of aliphatic hydroxyl groups excluding tert-OH is 1. The molecule has 98 valence electrons. The van der Waals surface area contributed by atoms with Crippen LogP contribution in [0.25, 0.3) is 0 Å². The molecular weight excluding hydrogens is 220 g/mol. The molecule has 1 saturated carbocycles. The van der Waals surface area contributed by atoms with Gasteiger partial charge in [-0.05, 0) is 31.6 Å². The first-order chi connectivity index (χ1) is 8.16. The van der Waals surface area contributed by atoms with Crippen molar-refractivity contribution in [3.8, 4) is 0 Å². The van der Waals surface area contributed by atoms with Gasteiger partial charge >= 0.3 is 6.03 Å². The van der Waals surface area contributed by atoms with Crippen LogP contribution in [0.5, 0.6) is 0 Å². The van der Waals surface area contributed by atoms with E-state index in [0.29, 0.717) is 19.0 Å². The number of nitrogens with zero attached hydrogens (tertiary/aromatic N) is 1. The molecule has 17 heavy (non-hydrogen) atoms. The lowest BCUT2D eigenvalue weighted by atomic mass is 10.2. The molecule has 5 heteroatoms. The molecule has 0 aromatic rings. The Bertz CT molecular complexity index is 262. The predicted molar refractivity (Wildman–Crippen MR) is 63.7 cm³/mol. The van der Waals surface area contributed by atoms with Crippen LogP contribution < -0.4 is 5.32 Å². The molecule has 1 saturated heterocycles. The number of hydrogen-bond acceptors (Lipinski definition) is 3. The molecule has 1 aliphatic heterocycles. The first-order valence-electron chi connectivity index (χ1n) is 6.45. The van der Waals surface area contributed by atoms with Gasteiger partial charge in [-0.2, -0.15) is 0 Å². The summed E-state index contributed by atoms with van der Waals surface area (Å²) in [5, 5.41) is 12.6. The van der Waals surface area contributed by atoms with Crippen molar-refractivity contribution in [2.45, 2.75) is 37.9 Å². The van der Waals surface area contributed by atoms with Crippen molar-refractivity contribution in [2.24, 2.45) is 5.92 Å². The lowest BCUT2D eigenvalue weighted by Crippen LogP contribution is -2.44. The van der Waals surface area contributed by atoms with Crippen molar-refractivity contribution < 1.29 is 14.6 Å². The number of likely N-dealkylation sites (N-methyl/N-ethyl adjacent to an activating group) is 1. The maximum atomic E-state index is 11.7. The highest BCUT2D eigenvalue weighted by atomic mass is 16.5. The summed E-state index contributed by atoms with van der Waals surface area (Å²) in [6.45, 7) is 1.79. The second-order valence-corrected chi connectivity index (χ2v) is 5.11. The number of aliphatic hydroxyl groups is 1. The van der Waals surface area contributed by atoms with Crippen molar-refractivity contribution in [2.75, 3.05) is 26.7 Å². The van der Waals surface area contributed by atoms with Crippen LogP contribution >= 0.6 is 0 Å². The van der Waals surface area contributed by atoms with Gasteiger partial charge in [0.05, 0.1) is 12.2 Å². The highest BCUT2D eigenvalue weighted by molar-refractivity contribution is 5.73. The molecule has 0 aromatic heterocycles. The van der Waals surface area contributed by atoms with Gasteiger partial charge in [0, 0.05) is 26.7 Å². The van der Waals surface area contributed by atoms with Gasteiger partial charge < -0.3 is 20.1 Å². The lowest BCUT2D eigenvalue weighted by Gasteiger charge is -2.22. The predicted octanol–water partition coefficient (Wildman–Crippen LogP) is 0.578. The molecule has 2 unspecified atom stereocenters. The number of amides is 2. The number of urea groups is 1. The maximum Gasteiger partial charge on any atom is 0.317 e. The first-order valence-corrected chi connectivity index (χ1v) is 6.45. The molecule has 0 radical (unpaired) electrons. The van der Waals surface area contributed by atoms with Crippen LogP contribution in [0.4, 0.5) is 4.79 Å². The molecule has 1 aliphatic carbocycles. The smallest absolute Gasteiger partial charge is 0.317 e. The molecule has 2 N–H and O–H groups in total. The number of ether oxygens (including phenoxy) is 1. The highest BCUT2D eigenvalue weighted by Crippen LogP contribution is 2.32. The highest BCUT2D eigenvalue weighted by Gasteiger charge is 2.31. The van der Waals surface area contributed by atoms with Crippen molar-refractivity contribution in [1.82, 2.24) is 10.2 Å². The summed E-state index contributed by atoms with van der Waals surface area (Å²) in [5.41, 5.74) is 0. The van der Waals surface area contributed by atoms with E-state index in [-0.39, 0.29) is 18.2 Å². The zero-order chi connectivity index (χ0) is 12.3. The Morgan fingerprint density at radius 1 is 1.53 bits per heavy atom. The monoisotopic (exact) mass is 242 g/mol. The number of hydrogen-bond donors (Lipinski definition) is 2. The minimum absolute atomic E-state index is 0.125. The Morgan fingerprint density at radius 2 is 2.29 bits per heavy atom.